The number of hydrogen-bond donors (Lipinski definition) is 0. The van der Waals surface area contributed by atoms with E-state index in [2.05, 4.69) is 104 Å². The summed E-state index contributed by atoms with van der Waals surface area (Å²) in [5.41, 5.74) is 6.81. The maximum absolute atomic E-state index is 2.46. The van der Waals surface area contributed by atoms with Crippen LogP contribution in [0.1, 0.15) is 17.4 Å². The third-order valence-corrected chi connectivity index (χ3v) is 9.90. The van der Waals surface area contributed by atoms with Crippen LogP contribution in [0.15, 0.2) is 102 Å². The Morgan fingerprint density at radius 1 is 0.686 bits per heavy atom. The first-order chi connectivity index (χ1) is 17.2. The van der Waals surface area contributed by atoms with Gasteiger partial charge < -0.3 is 0 Å². The van der Waals surface area contributed by atoms with Crippen molar-refractivity contribution in [2.45, 2.75) is 13.3 Å². The molecule has 166 valence electrons. The van der Waals surface area contributed by atoms with Crippen molar-refractivity contribution in [3.8, 4) is 11.1 Å². The standard InChI is InChI=1S/C33H22S2/c1-19-7-8-22-15-30-26(13-24(22)11-19)28-17-33-29(18-32(28)34-30)27-14-25-12-21(20-5-3-2-4-6-20)9-10-23(25)16-31(27)35-33/h2-14,16-18,22H,15H2,1H3. The lowest BCUT2D eigenvalue weighted by molar-refractivity contribution is 0.768. The zero-order valence-corrected chi connectivity index (χ0v) is 21.0. The molecule has 2 heteroatoms. The molecular weight excluding hydrogens is 460 g/mol. The van der Waals surface area contributed by atoms with E-state index in [0.717, 1.165) is 6.42 Å². The number of fused-ring (bicyclic) bond motifs is 8. The number of allylic oxidation sites excluding steroid dienone is 5. The topological polar surface area (TPSA) is 0 Å². The van der Waals surface area contributed by atoms with Crippen LogP contribution in [-0.4, -0.2) is 0 Å². The molecule has 0 nitrogen and oxygen atoms in total. The van der Waals surface area contributed by atoms with Crippen molar-refractivity contribution in [3.63, 3.8) is 0 Å². The summed E-state index contributed by atoms with van der Waals surface area (Å²) in [4.78, 5) is 1.53. The Bertz CT molecular complexity index is 1920. The van der Waals surface area contributed by atoms with Crippen LogP contribution in [0.2, 0.25) is 0 Å². The summed E-state index contributed by atoms with van der Waals surface area (Å²) in [7, 11) is 0. The van der Waals surface area contributed by atoms with E-state index < -0.39 is 0 Å². The monoisotopic (exact) mass is 482 g/mol. The van der Waals surface area contributed by atoms with E-state index in [9.17, 15) is 0 Å². The summed E-state index contributed by atoms with van der Waals surface area (Å²) in [5.74, 6) is 0.534. The summed E-state index contributed by atoms with van der Waals surface area (Å²) in [5, 5.41) is 6.82. The fraction of sp³-hybridized carbons (Fsp3) is 0.0909. The van der Waals surface area contributed by atoms with Gasteiger partial charge in [-0.15, -0.1) is 22.7 Å². The van der Waals surface area contributed by atoms with Crippen molar-refractivity contribution >= 4 is 69.8 Å². The predicted molar refractivity (Wildman–Crippen MR) is 156 cm³/mol. The van der Waals surface area contributed by atoms with Crippen LogP contribution in [-0.2, 0) is 6.42 Å². The molecule has 0 saturated heterocycles. The van der Waals surface area contributed by atoms with Crippen molar-refractivity contribution in [1.29, 1.82) is 0 Å². The van der Waals surface area contributed by atoms with Crippen LogP contribution in [0.4, 0.5) is 0 Å². The lowest BCUT2D eigenvalue weighted by Gasteiger charge is -2.22. The number of hydrogen-bond acceptors (Lipinski definition) is 2. The smallest absolute Gasteiger partial charge is 0.0362 e. The van der Waals surface area contributed by atoms with Crippen molar-refractivity contribution in [2.24, 2.45) is 5.92 Å². The molecule has 0 bridgehead atoms. The van der Waals surface area contributed by atoms with Gasteiger partial charge in [0, 0.05) is 41.1 Å². The van der Waals surface area contributed by atoms with Crippen molar-refractivity contribution in [1.82, 2.24) is 0 Å². The first kappa shape index (κ1) is 19.8. The molecule has 35 heavy (non-hydrogen) atoms. The molecule has 0 fully saturated rings. The highest BCUT2D eigenvalue weighted by molar-refractivity contribution is 7.26. The van der Waals surface area contributed by atoms with Gasteiger partial charge in [-0.2, -0.15) is 0 Å². The Kier molecular flexibility index (Phi) is 4.11. The maximum atomic E-state index is 2.46. The molecule has 0 radical (unpaired) electrons. The summed E-state index contributed by atoms with van der Waals surface area (Å²) >= 11 is 3.92. The molecule has 1 atom stereocenters. The quantitative estimate of drug-likeness (QED) is 0.219. The molecule has 6 aromatic rings. The average molecular weight is 483 g/mol. The number of rotatable bonds is 1. The maximum Gasteiger partial charge on any atom is 0.0362 e. The minimum atomic E-state index is 0.534. The Hall–Kier alpha value is -3.46. The zero-order valence-electron chi connectivity index (χ0n) is 19.3. The Balaban J connectivity index is 1.33. The van der Waals surface area contributed by atoms with E-state index in [-0.39, 0.29) is 0 Å². The second-order valence-electron chi connectivity index (χ2n) is 9.86. The van der Waals surface area contributed by atoms with E-state index in [1.807, 2.05) is 22.7 Å². The van der Waals surface area contributed by atoms with Gasteiger partial charge >= 0.3 is 0 Å². The highest BCUT2D eigenvalue weighted by Crippen LogP contribution is 2.45. The van der Waals surface area contributed by atoms with E-state index in [1.165, 1.54) is 73.7 Å². The average Bonchev–Trinajstić information content (AvgIpc) is 3.41. The molecule has 0 aliphatic heterocycles. The van der Waals surface area contributed by atoms with Gasteiger partial charge in [-0.3, -0.25) is 0 Å². The Labute approximate surface area is 212 Å². The normalized spacial score (nSPS) is 17.1. The van der Waals surface area contributed by atoms with E-state index in [1.54, 1.807) is 0 Å². The minimum Gasteiger partial charge on any atom is -0.140 e. The summed E-state index contributed by atoms with van der Waals surface area (Å²) in [6, 6.07) is 27.2. The Morgan fingerprint density at radius 3 is 2.40 bits per heavy atom. The molecule has 4 aromatic carbocycles. The van der Waals surface area contributed by atoms with Crippen LogP contribution in [0.5, 0.6) is 0 Å². The third kappa shape index (κ3) is 3.03. The SMILES string of the molecule is CC1=CC2=Cc3c(sc4cc5c(cc34)sc3cc4ccc(-c6ccccc6)cc4cc35)CC2C=C1. The zero-order chi connectivity index (χ0) is 23.1. The van der Waals surface area contributed by atoms with Crippen molar-refractivity contribution in [3.05, 3.63) is 113 Å². The van der Waals surface area contributed by atoms with Gasteiger partial charge in [-0.25, -0.2) is 0 Å². The molecule has 0 spiro atoms. The minimum absolute atomic E-state index is 0.534. The predicted octanol–water partition coefficient (Wildman–Crippen LogP) is 10.2. The fourth-order valence-electron chi connectivity index (χ4n) is 5.80. The number of benzene rings is 4. The highest BCUT2D eigenvalue weighted by Gasteiger charge is 2.24. The molecule has 2 aliphatic rings. The lowest BCUT2D eigenvalue weighted by Crippen LogP contribution is -2.10. The molecular formula is C33H22S2. The van der Waals surface area contributed by atoms with Gasteiger partial charge in [-0.1, -0.05) is 66.3 Å². The Morgan fingerprint density at radius 2 is 1.49 bits per heavy atom. The van der Waals surface area contributed by atoms with Gasteiger partial charge in [0.25, 0.3) is 0 Å². The van der Waals surface area contributed by atoms with Crippen LogP contribution in [0.25, 0.3) is 58.2 Å². The molecule has 2 heterocycles. The van der Waals surface area contributed by atoms with Crippen molar-refractivity contribution < 1.29 is 0 Å². The van der Waals surface area contributed by atoms with Gasteiger partial charge in [0.15, 0.2) is 0 Å². The van der Waals surface area contributed by atoms with Gasteiger partial charge in [-0.05, 0) is 82.8 Å². The second-order valence-corrected chi connectivity index (χ2v) is 12.1. The molecule has 2 aliphatic carbocycles. The van der Waals surface area contributed by atoms with E-state index in [4.69, 9.17) is 0 Å². The molecule has 0 amide bonds. The van der Waals surface area contributed by atoms with E-state index >= 15 is 0 Å². The van der Waals surface area contributed by atoms with Crippen LogP contribution >= 0.6 is 22.7 Å². The molecule has 0 N–H and O–H groups in total. The molecule has 2 aromatic heterocycles. The van der Waals surface area contributed by atoms with Crippen LogP contribution in [0, 0.1) is 5.92 Å². The summed E-state index contributed by atoms with van der Waals surface area (Å²) < 4.78 is 4.18. The molecule has 0 saturated carbocycles. The first-order valence-corrected chi connectivity index (χ1v) is 13.8. The fourth-order valence-corrected chi connectivity index (χ4v) is 8.22. The molecule has 8 rings (SSSR count). The van der Waals surface area contributed by atoms with Crippen LogP contribution in [0.3, 0.4) is 0 Å². The first-order valence-electron chi connectivity index (χ1n) is 12.2. The van der Waals surface area contributed by atoms with Gasteiger partial charge in [0.2, 0.25) is 0 Å². The summed E-state index contributed by atoms with van der Waals surface area (Å²) in [6.45, 7) is 2.20. The van der Waals surface area contributed by atoms with Crippen molar-refractivity contribution in [2.75, 3.05) is 0 Å². The largest absolute Gasteiger partial charge is 0.140 e. The third-order valence-electron chi connectivity index (χ3n) is 7.59. The number of thiophene rings is 2. The lowest BCUT2D eigenvalue weighted by atomic mass is 9.83. The molecule has 1 unspecified atom stereocenters. The van der Waals surface area contributed by atoms with Crippen LogP contribution < -0.4 is 0 Å². The second kappa shape index (κ2) is 7.27. The van der Waals surface area contributed by atoms with Gasteiger partial charge in [0.1, 0.15) is 0 Å². The van der Waals surface area contributed by atoms with E-state index in [0.29, 0.717) is 5.92 Å². The van der Waals surface area contributed by atoms with Gasteiger partial charge in [0.05, 0.1) is 0 Å². The highest BCUT2D eigenvalue weighted by atomic mass is 32.1. The summed E-state index contributed by atoms with van der Waals surface area (Å²) in [6.07, 6.45) is 10.6.